The fourth-order valence-corrected chi connectivity index (χ4v) is 2.21. The topological polar surface area (TPSA) is 63.3 Å². The highest BCUT2D eigenvalue weighted by Gasteiger charge is 2.18. The van der Waals surface area contributed by atoms with Gasteiger partial charge in [-0.15, -0.1) is 0 Å². The SMILES string of the molecule is CC(C)(C)c1ccc(-c2nc(F)c3cnnc(O)n23)cc1. The number of rotatable bonds is 1. The average molecular weight is 286 g/mol. The lowest BCUT2D eigenvalue weighted by atomic mass is 9.87. The number of nitrogens with zero attached hydrogens (tertiary/aromatic N) is 4. The molecule has 0 amide bonds. The molecule has 0 saturated heterocycles. The van der Waals surface area contributed by atoms with Crippen LogP contribution >= 0.6 is 0 Å². The third-order valence-electron chi connectivity index (χ3n) is 3.40. The second-order valence-electron chi connectivity index (χ2n) is 5.92. The molecule has 0 spiro atoms. The molecule has 0 aliphatic rings. The molecule has 1 N–H and O–H groups in total. The summed E-state index contributed by atoms with van der Waals surface area (Å²) in [6, 6.07) is 7.27. The van der Waals surface area contributed by atoms with Crippen molar-refractivity contribution in [1.82, 2.24) is 19.6 Å². The van der Waals surface area contributed by atoms with Crippen LogP contribution in [-0.4, -0.2) is 24.7 Å². The third-order valence-corrected chi connectivity index (χ3v) is 3.40. The van der Waals surface area contributed by atoms with Crippen molar-refractivity contribution in [2.75, 3.05) is 0 Å². The second-order valence-corrected chi connectivity index (χ2v) is 5.92. The van der Waals surface area contributed by atoms with Crippen molar-refractivity contribution in [3.63, 3.8) is 0 Å². The standard InChI is InChI=1S/C15H15FN4O/c1-15(2,3)10-6-4-9(5-7-10)13-18-12(16)11-8-17-19-14(21)20(11)13/h4-8H,1-3H3,(H,19,21). The van der Waals surface area contributed by atoms with Gasteiger partial charge in [-0.25, -0.2) is 4.40 Å². The molecular formula is C15H15FN4O. The number of aromatic nitrogens is 4. The number of benzene rings is 1. The van der Waals surface area contributed by atoms with Crippen LogP contribution in [0.25, 0.3) is 16.9 Å². The Bertz CT molecular complexity index is 803. The molecule has 5 nitrogen and oxygen atoms in total. The smallest absolute Gasteiger partial charge is 0.319 e. The fourth-order valence-electron chi connectivity index (χ4n) is 2.21. The van der Waals surface area contributed by atoms with E-state index in [1.54, 1.807) is 0 Å². The summed E-state index contributed by atoms with van der Waals surface area (Å²) in [5.74, 6) is -0.384. The van der Waals surface area contributed by atoms with Crippen LogP contribution in [0.4, 0.5) is 4.39 Å². The van der Waals surface area contributed by atoms with E-state index >= 15 is 0 Å². The van der Waals surface area contributed by atoms with Gasteiger partial charge in [-0.3, -0.25) is 0 Å². The first-order chi connectivity index (χ1) is 9.88. The Labute approximate surface area is 121 Å². The van der Waals surface area contributed by atoms with E-state index in [1.807, 2.05) is 24.3 Å². The quantitative estimate of drug-likeness (QED) is 0.747. The highest BCUT2D eigenvalue weighted by Crippen LogP contribution is 2.28. The summed E-state index contributed by atoms with van der Waals surface area (Å²) in [5, 5.41) is 16.8. The first-order valence-corrected chi connectivity index (χ1v) is 6.57. The summed E-state index contributed by atoms with van der Waals surface area (Å²) in [4.78, 5) is 3.87. The van der Waals surface area contributed by atoms with Crippen molar-refractivity contribution in [3.8, 4) is 17.4 Å². The predicted octanol–water partition coefficient (Wildman–Crippen LogP) is 2.93. The number of hydrogen-bond donors (Lipinski definition) is 1. The molecular weight excluding hydrogens is 271 g/mol. The van der Waals surface area contributed by atoms with Gasteiger partial charge in [-0.1, -0.05) is 50.1 Å². The highest BCUT2D eigenvalue weighted by atomic mass is 19.1. The van der Waals surface area contributed by atoms with E-state index in [1.165, 1.54) is 10.6 Å². The zero-order chi connectivity index (χ0) is 15.2. The van der Waals surface area contributed by atoms with Gasteiger partial charge in [0.1, 0.15) is 5.52 Å². The van der Waals surface area contributed by atoms with E-state index < -0.39 is 12.0 Å². The van der Waals surface area contributed by atoms with Gasteiger partial charge in [-0.2, -0.15) is 14.5 Å². The average Bonchev–Trinajstić information content (AvgIpc) is 2.77. The molecule has 0 aliphatic heterocycles. The van der Waals surface area contributed by atoms with Crippen LogP contribution in [0.3, 0.4) is 0 Å². The molecule has 0 aliphatic carbocycles. The molecule has 0 fully saturated rings. The van der Waals surface area contributed by atoms with Crippen molar-refractivity contribution in [1.29, 1.82) is 0 Å². The largest absolute Gasteiger partial charge is 0.479 e. The van der Waals surface area contributed by atoms with Crippen LogP contribution in [0.1, 0.15) is 26.3 Å². The summed E-state index contributed by atoms with van der Waals surface area (Å²) in [6.45, 7) is 6.36. The molecule has 0 radical (unpaired) electrons. The van der Waals surface area contributed by atoms with Crippen LogP contribution < -0.4 is 0 Å². The number of imidazole rings is 1. The van der Waals surface area contributed by atoms with Gasteiger partial charge in [-0.05, 0) is 11.0 Å². The van der Waals surface area contributed by atoms with E-state index in [-0.39, 0.29) is 10.9 Å². The lowest BCUT2D eigenvalue weighted by molar-refractivity contribution is 0.414. The minimum atomic E-state index is -0.685. The first kappa shape index (κ1) is 13.5. The molecule has 3 aromatic rings. The van der Waals surface area contributed by atoms with Crippen LogP contribution in [0, 0.1) is 5.95 Å². The molecule has 108 valence electrons. The van der Waals surface area contributed by atoms with Gasteiger partial charge in [0.15, 0.2) is 5.82 Å². The van der Waals surface area contributed by atoms with Gasteiger partial charge in [0, 0.05) is 5.56 Å². The minimum absolute atomic E-state index is 0.0338. The predicted molar refractivity (Wildman–Crippen MR) is 76.5 cm³/mol. The molecule has 0 saturated carbocycles. The number of aromatic hydroxyl groups is 1. The monoisotopic (exact) mass is 286 g/mol. The van der Waals surface area contributed by atoms with Crippen molar-refractivity contribution in [2.24, 2.45) is 0 Å². The molecule has 6 heteroatoms. The molecule has 0 atom stereocenters. The molecule has 0 unspecified atom stereocenters. The van der Waals surface area contributed by atoms with E-state index in [4.69, 9.17) is 0 Å². The lowest BCUT2D eigenvalue weighted by Crippen LogP contribution is -2.10. The van der Waals surface area contributed by atoms with Crippen molar-refractivity contribution < 1.29 is 9.50 Å². The van der Waals surface area contributed by atoms with E-state index in [9.17, 15) is 9.50 Å². The molecule has 0 bridgehead atoms. The number of halogens is 1. The Hall–Kier alpha value is -2.50. The Morgan fingerprint density at radius 3 is 2.43 bits per heavy atom. The minimum Gasteiger partial charge on any atom is -0.479 e. The third kappa shape index (κ3) is 2.22. The van der Waals surface area contributed by atoms with Crippen LogP contribution in [0.15, 0.2) is 30.5 Å². The van der Waals surface area contributed by atoms with Gasteiger partial charge in [0.2, 0.25) is 5.95 Å². The Kier molecular flexibility index (Phi) is 2.90. The Balaban J connectivity index is 2.17. The van der Waals surface area contributed by atoms with Gasteiger partial charge >= 0.3 is 6.01 Å². The van der Waals surface area contributed by atoms with Crippen molar-refractivity contribution in [3.05, 3.63) is 42.0 Å². The molecule has 2 heterocycles. The first-order valence-electron chi connectivity index (χ1n) is 6.57. The van der Waals surface area contributed by atoms with E-state index in [2.05, 4.69) is 36.0 Å². The molecule has 2 aromatic heterocycles. The summed E-state index contributed by atoms with van der Waals surface area (Å²) in [5.41, 5.74) is 1.99. The highest BCUT2D eigenvalue weighted by molar-refractivity contribution is 5.63. The summed E-state index contributed by atoms with van der Waals surface area (Å²) in [6.07, 6.45) is 1.23. The van der Waals surface area contributed by atoms with Crippen molar-refractivity contribution in [2.45, 2.75) is 26.2 Å². The van der Waals surface area contributed by atoms with Gasteiger partial charge in [0.25, 0.3) is 0 Å². The molecule has 1 aromatic carbocycles. The fraction of sp³-hybridized carbons (Fsp3) is 0.267. The zero-order valence-electron chi connectivity index (χ0n) is 12.0. The maximum absolute atomic E-state index is 13.8. The second kappa shape index (κ2) is 4.51. The lowest BCUT2D eigenvalue weighted by Gasteiger charge is -2.19. The number of hydrogen-bond acceptors (Lipinski definition) is 4. The summed E-state index contributed by atoms with van der Waals surface area (Å²) >= 11 is 0. The van der Waals surface area contributed by atoms with E-state index in [0.29, 0.717) is 11.4 Å². The number of fused-ring (bicyclic) bond motifs is 1. The maximum atomic E-state index is 13.8. The molecule has 3 rings (SSSR count). The molecule has 21 heavy (non-hydrogen) atoms. The van der Waals surface area contributed by atoms with Crippen LogP contribution in [-0.2, 0) is 5.41 Å². The van der Waals surface area contributed by atoms with Gasteiger partial charge in [0.05, 0.1) is 6.20 Å². The summed E-state index contributed by atoms with van der Waals surface area (Å²) in [7, 11) is 0. The summed E-state index contributed by atoms with van der Waals surface area (Å²) < 4.78 is 15.1. The van der Waals surface area contributed by atoms with Crippen molar-refractivity contribution >= 4 is 5.52 Å². The zero-order valence-corrected chi connectivity index (χ0v) is 12.0. The van der Waals surface area contributed by atoms with E-state index in [0.717, 1.165) is 5.56 Å². The maximum Gasteiger partial charge on any atom is 0.319 e. The van der Waals surface area contributed by atoms with Gasteiger partial charge < -0.3 is 5.11 Å². The normalized spacial score (nSPS) is 12.0. The Morgan fingerprint density at radius 1 is 1.14 bits per heavy atom. The van der Waals surface area contributed by atoms with Crippen LogP contribution in [0.5, 0.6) is 6.01 Å². The Morgan fingerprint density at radius 2 is 1.81 bits per heavy atom. The van der Waals surface area contributed by atoms with Crippen LogP contribution in [0.2, 0.25) is 0 Å².